The molecule has 196 valence electrons. The lowest BCUT2D eigenvalue weighted by Gasteiger charge is -2.56. The fraction of sp³-hybridized carbons (Fsp3) is 0.577. The zero-order valence-electron chi connectivity index (χ0n) is 20.7. The first-order chi connectivity index (χ1) is 17.9. The van der Waals surface area contributed by atoms with Crippen molar-refractivity contribution in [1.82, 2.24) is 30.0 Å². The lowest BCUT2D eigenvalue weighted by molar-refractivity contribution is -0.0512. The molecule has 3 aromatic rings. The Hall–Kier alpha value is -3.05. The highest BCUT2D eigenvalue weighted by molar-refractivity contribution is 5.86. The highest BCUT2D eigenvalue weighted by Gasteiger charge is 2.52. The van der Waals surface area contributed by atoms with Crippen LogP contribution in [0.4, 0.5) is 20.5 Å². The fourth-order valence-corrected chi connectivity index (χ4v) is 6.56. The summed E-state index contributed by atoms with van der Waals surface area (Å²) in [6.45, 7) is 3.07. The van der Waals surface area contributed by atoms with Gasteiger partial charge in [0.25, 0.3) is 0 Å². The third-order valence-electron chi connectivity index (χ3n) is 8.66. The predicted octanol–water partition coefficient (Wildman–Crippen LogP) is 3.07. The first kappa shape index (κ1) is 23.1. The summed E-state index contributed by atoms with van der Waals surface area (Å²) in [5.74, 6) is 1.61. The van der Waals surface area contributed by atoms with Crippen LogP contribution in [-0.4, -0.2) is 64.0 Å². The van der Waals surface area contributed by atoms with Gasteiger partial charge in [0.05, 0.1) is 12.7 Å². The third kappa shape index (κ3) is 4.37. The van der Waals surface area contributed by atoms with Crippen LogP contribution in [0.15, 0.2) is 24.4 Å². The van der Waals surface area contributed by atoms with Gasteiger partial charge in [0.15, 0.2) is 5.82 Å². The highest BCUT2D eigenvalue weighted by Crippen LogP contribution is 2.63. The monoisotopic (exact) mass is 510 g/mol. The predicted molar refractivity (Wildman–Crippen MR) is 135 cm³/mol. The molecule has 11 heteroatoms. The molecule has 7 rings (SSSR count). The molecule has 2 aliphatic carbocycles. The number of nitrogen functional groups attached to an aromatic ring is 1. The Morgan fingerprint density at radius 2 is 1.95 bits per heavy atom. The van der Waals surface area contributed by atoms with Crippen LogP contribution in [-0.2, 0) is 13.1 Å². The Morgan fingerprint density at radius 1 is 1.14 bits per heavy atom. The molecule has 9 nitrogen and oxygen atoms in total. The van der Waals surface area contributed by atoms with Gasteiger partial charge < -0.3 is 21.1 Å². The van der Waals surface area contributed by atoms with E-state index in [1.54, 1.807) is 16.9 Å². The van der Waals surface area contributed by atoms with E-state index >= 15 is 0 Å². The van der Waals surface area contributed by atoms with Gasteiger partial charge in [0, 0.05) is 50.2 Å². The number of hydrogen-bond donors (Lipinski definition) is 3. The number of nitrogens with zero attached hydrogens (tertiary/aromatic N) is 5. The first-order valence-electron chi connectivity index (χ1n) is 13.1. The van der Waals surface area contributed by atoms with Crippen molar-refractivity contribution >= 4 is 22.8 Å². The molecule has 2 spiro atoms. The molecule has 0 bridgehead atoms. The quantitative estimate of drug-likeness (QED) is 0.403. The Balaban J connectivity index is 1.11. The number of ether oxygens (including phenoxy) is 1. The van der Waals surface area contributed by atoms with Crippen molar-refractivity contribution in [3.8, 4) is 5.75 Å². The topological polar surface area (TPSA) is 106 Å². The number of nitrogens with one attached hydrogen (secondary N) is 2. The van der Waals surface area contributed by atoms with Crippen molar-refractivity contribution in [3.05, 3.63) is 35.5 Å². The van der Waals surface area contributed by atoms with E-state index in [9.17, 15) is 8.78 Å². The van der Waals surface area contributed by atoms with Gasteiger partial charge in [-0.25, -0.2) is 4.98 Å². The normalized spacial score (nSPS) is 21.7. The number of fused-ring (bicyclic) bond motifs is 1. The number of alkyl halides is 2. The maximum absolute atomic E-state index is 13.3. The van der Waals surface area contributed by atoms with Gasteiger partial charge in [-0.1, -0.05) is 12.1 Å². The van der Waals surface area contributed by atoms with Gasteiger partial charge >= 0.3 is 6.61 Å². The molecule has 0 amide bonds. The maximum Gasteiger partial charge on any atom is 0.387 e. The van der Waals surface area contributed by atoms with E-state index in [0.29, 0.717) is 39.2 Å². The number of hydrogen-bond acceptors (Lipinski definition) is 8. The van der Waals surface area contributed by atoms with Gasteiger partial charge in [-0.15, -0.1) is 0 Å². The van der Waals surface area contributed by atoms with E-state index in [1.807, 2.05) is 12.1 Å². The molecular formula is C26H32F2N8O. The van der Waals surface area contributed by atoms with Crippen LogP contribution in [0.5, 0.6) is 5.75 Å². The molecule has 4 N–H and O–H groups in total. The average molecular weight is 511 g/mol. The molecule has 0 radical (unpaired) electrons. The third-order valence-corrected chi connectivity index (χ3v) is 8.66. The van der Waals surface area contributed by atoms with Gasteiger partial charge in [-0.2, -0.15) is 18.9 Å². The average Bonchev–Trinajstić information content (AvgIpc) is 3.48. The molecule has 0 atom stereocenters. The summed E-state index contributed by atoms with van der Waals surface area (Å²) in [5.41, 5.74) is 9.92. The second-order valence-corrected chi connectivity index (χ2v) is 11.7. The molecule has 1 aromatic carbocycles. The highest BCUT2D eigenvalue weighted by atomic mass is 19.3. The molecule has 2 saturated heterocycles. The van der Waals surface area contributed by atoms with Crippen molar-refractivity contribution in [2.75, 3.05) is 43.8 Å². The first-order valence-corrected chi connectivity index (χ1v) is 13.1. The number of aromatic nitrogens is 4. The van der Waals surface area contributed by atoms with Crippen molar-refractivity contribution in [3.63, 3.8) is 0 Å². The molecule has 37 heavy (non-hydrogen) atoms. The number of nitrogens with two attached hydrogens (primary N) is 1. The summed E-state index contributed by atoms with van der Waals surface area (Å²) >= 11 is 0. The zero-order chi connectivity index (χ0) is 25.2. The maximum atomic E-state index is 13.3. The summed E-state index contributed by atoms with van der Waals surface area (Å²) < 4.78 is 33.4. The standard InChI is InChI=1S/C26H32F2N8O/c27-23(28)37-20-5-16(10-35-14-26(15-35)12-30-13-26)1-2-18(20)11-36-21-19(9-32-36)33-24(29)34-22(21)31-8-17-6-25(7-17)3-4-25/h1-2,5,9,17,23,30H,3-4,6-8,10-15H2,(H3,29,31,33,34). The van der Waals surface area contributed by atoms with E-state index in [1.165, 1.54) is 25.7 Å². The lowest BCUT2D eigenvalue weighted by Crippen LogP contribution is -2.70. The van der Waals surface area contributed by atoms with Crippen LogP contribution < -0.4 is 21.1 Å². The summed E-state index contributed by atoms with van der Waals surface area (Å²) in [6, 6.07) is 5.58. The van der Waals surface area contributed by atoms with E-state index in [-0.39, 0.29) is 18.2 Å². The molecule has 2 aromatic heterocycles. The van der Waals surface area contributed by atoms with Crippen molar-refractivity contribution < 1.29 is 13.5 Å². The van der Waals surface area contributed by atoms with Gasteiger partial charge in [0.2, 0.25) is 5.95 Å². The minimum Gasteiger partial charge on any atom is -0.434 e. The summed E-state index contributed by atoms with van der Waals surface area (Å²) in [7, 11) is 0. The van der Waals surface area contributed by atoms with Crippen molar-refractivity contribution in [2.24, 2.45) is 16.7 Å². The molecule has 0 unspecified atom stereocenters. The Labute approximate surface area is 213 Å². The summed E-state index contributed by atoms with van der Waals surface area (Å²) in [5, 5.41) is 11.3. The Kier molecular flexibility index (Phi) is 5.30. The Morgan fingerprint density at radius 3 is 2.65 bits per heavy atom. The van der Waals surface area contributed by atoms with E-state index < -0.39 is 6.61 Å². The van der Waals surface area contributed by atoms with E-state index in [4.69, 9.17) is 10.5 Å². The number of halogens is 2. The molecule has 2 saturated carbocycles. The van der Waals surface area contributed by atoms with Crippen LogP contribution in [0.1, 0.15) is 36.8 Å². The molecule has 4 fully saturated rings. The van der Waals surface area contributed by atoms with Crippen LogP contribution in [0, 0.1) is 16.7 Å². The van der Waals surface area contributed by atoms with Crippen LogP contribution in [0.25, 0.3) is 11.0 Å². The summed E-state index contributed by atoms with van der Waals surface area (Å²) in [6.07, 6.45) is 6.88. The molecular weight excluding hydrogens is 478 g/mol. The van der Waals surface area contributed by atoms with Crippen LogP contribution >= 0.6 is 0 Å². The largest absolute Gasteiger partial charge is 0.434 e. The minimum absolute atomic E-state index is 0.173. The number of likely N-dealkylation sites (tertiary alicyclic amines) is 1. The SMILES string of the molecule is Nc1nc(NCC2CC3(CC3)C2)c2c(cnn2Cc2ccc(CN3CC4(CNC4)C3)cc2OC(F)F)n1. The van der Waals surface area contributed by atoms with Gasteiger partial charge in [-0.3, -0.25) is 9.58 Å². The number of rotatable bonds is 9. The molecule has 4 aliphatic rings. The second kappa shape index (κ2) is 8.49. The Bertz CT molecular complexity index is 1320. The minimum atomic E-state index is -2.91. The van der Waals surface area contributed by atoms with Crippen LogP contribution in [0.2, 0.25) is 0 Å². The fourth-order valence-electron chi connectivity index (χ4n) is 6.56. The summed E-state index contributed by atoms with van der Waals surface area (Å²) in [4.78, 5) is 11.1. The lowest BCUT2D eigenvalue weighted by atomic mass is 9.72. The van der Waals surface area contributed by atoms with Gasteiger partial charge in [-0.05, 0) is 48.6 Å². The molecule has 2 aliphatic heterocycles. The smallest absolute Gasteiger partial charge is 0.387 e. The van der Waals surface area contributed by atoms with Crippen LogP contribution in [0.3, 0.4) is 0 Å². The van der Waals surface area contributed by atoms with Gasteiger partial charge in [0.1, 0.15) is 16.8 Å². The van der Waals surface area contributed by atoms with Crippen molar-refractivity contribution in [2.45, 2.75) is 45.4 Å². The van der Waals surface area contributed by atoms with E-state index in [2.05, 4.69) is 30.6 Å². The zero-order valence-corrected chi connectivity index (χ0v) is 20.7. The van der Waals surface area contributed by atoms with E-state index in [0.717, 1.165) is 44.8 Å². The molecule has 4 heterocycles. The number of benzene rings is 1. The number of anilines is 2. The van der Waals surface area contributed by atoms with Crippen molar-refractivity contribution in [1.29, 1.82) is 0 Å². The second-order valence-electron chi connectivity index (χ2n) is 11.7.